The molecule has 2 amide bonds. The summed E-state index contributed by atoms with van der Waals surface area (Å²) in [5.41, 5.74) is 0.167. The number of nitrogens with one attached hydrogen (secondary N) is 1. The minimum Gasteiger partial charge on any atom is -0.480 e. The van der Waals surface area contributed by atoms with Gasteiger partial charge in [-0.25, -0.2) is 9.78 Å². The molecule has 7 nitrogen and oxygen atoms in total. The number of aliphatic carboxylic acids is 1. The minimum atomic E-state index is -1.03. The van der Waals surface area contributed by atoms with E-state index in [1.807, 2.05) is 0 Å². The highest BCUT2D eigenvalue weighted by Crippen LogP contribution is 2.19. The van der Waals surface area contributed by atoms with Crippen LogP contribution in [0.15, 0.2) is 18.3 Å². The van der Waals surface area contributed by atoms with Gasteiger partial charge >= 0.3 is 5.97 Å². The number of carboxylic acids is 1. The highest BCUT2D eigenvalue weighted by Gasteiger charge is 2.36. The molecule has 2 heterocycles. The van der Waals surface area contributed by atoms with Gasteiger partial charge in [0, 0.05) is 12.7 Å². The quantitative estimate of drug-likeness (QED) is 0.802. The van der Waals surface area contributed by atoms with E-state index in [1.165, 1.54) is 24.1 Å². The molecule has 2 rings (SSSR count). The lowest BCUT2D eigenvalue weighted by Gasteiger charge is -2.25. The van der Waals surface area contributed by atoms with E-state index in [9.17, 15) is 14.4 Å². The third kappa shape index (κ3) is 3.36. The maximum absolute atomic E-state index is 12.3. The lowest BCUT2D eigenvalue weighted by atomic mass is 10.2. The summed E-state index contributed by atoms with van der Waals surface area (Å²) < 4.78 is 0. The average molecular weight is 326 g/mol. The predicted octanol–water partition coefficient (Wildman–Crippen LogP) is 0.929. The first-order valence-electron chi connectivity index (χ1n) is 6.86. The van der Waals surface area contributed by atoms with Crippen LogP contribution in [0.4, 0.5) is 0 Å². The Morgan fingerprint density at radius 3 is 2.86 bits per heavy atom. The van der Waals surface area contributed by atoms with E-state index >= 15 is 0 Å². The van der Waals surface area contributed by atoms with Gasteiger partial charge in [-0.15, -0.1) is 0 Å². The Morgan fingerprint density at radius 2 is 2.23 bits per heavy atom. The molecule has 1 aromatic rings. The van der Waals surface area contributed by atoms with Crippen molar-refractivity contribution in [1.29, 1.82) is 0 Å². The topological polar surface area (TPSA) is 99.6 Å². The van der Waals surface area contributed by atoms with E-state index in [2.05, 4.69) is 10.3 Å². The average Bonchev–Trinajstić information content (AvgIpc) is 2.96. The summed E-state index contributed by atoms with van der Waals surface area (Å²) in [5, 5.41) is 11.7. The number of hydrogen-bond acceptors (Lipinski definition) is 4. The van der Waals surface area contributed by atoms with Crippen LogP contribution in [0.2, 0.25) is 5.15 Å². The van der Waals surface area contributed by atoms with Gasteiger partial charge in [-0.3, -0.25) is 9.59 Å². The SMILES string of the molecule is C[C@H](NC(=O)c1cccnc1Cl)C(=O)N1CCC[C@H]1C(=O)O. The second-order valence-corrected chi connectivity index (χ2v) is 5.42. The lowest BCUT2D eigenvalue weighted by Crippen LogP contribution is -2.50. The second kappa shape index (κ2) is 6.74. The number of nitrogens with zero attached hydrogens (tertiary/aromatic N) is 2. The van der Waals surface area contributed by atoms with Crippen molar-refractivity contribution in [1.82, 2.24) is 15.2 Å². The number of hydrogen-bond donors (Lipinski definition) is 2. The van der Waals surface area contributed by atoms with Crippen LogP contribution < -0.4 is 5.32 Å². The number of pyridine rings is 1. The fourth-order valence-electron chi connectivity index (χ4n) is 2.43. The fourth-order valence-corrected chi connectivity index (χ4v) is 2.63. The molecule has 1 saturated heterocycles. The molecule has 0 saturated carbocycles. The molecule has 22 heavy (non-hydrogen) atoms. The highest BCUT2D eigenvalue weighted by molar-refractivity contribution is 6.32. The number of amides is 2. The number of carbonyl (C=O) groups excluding carboxylic acids is 2. The van der Waals surface area contributed by atoms with Crippen LogP contribution in [0.5, 0.6) is 0 Å². The smallest absolute Gasteiger partial charge is 0.326 e. The standard InChI is InChI=1S/C14H16ClN3O4/c1-8(13(20)18-7-3-5-10(18)14(21)22)17-12(19)9-4-2-6-16-11(9)15/h2,4,6,8,10H,3,5,7H2,1H3,(H,17,19)(H,21,22)/t8-,10-/m0/s1. The van der Waals surface area contributed by atoms with Crippen molar-refractivity contribution in [2.75, 3.05) is 6.54 Å². The molecule has 8 heteroatoms. The Hall–Kier alpha value is -2.15. The molecule has 0 bridgehead atoms. The molecule has 1 aliphatic rings. The Bertz CT molecular complexity index is 608. The molecule has 0 aliphatic carbocycles. The summed E-state index contributed by atoms with van der Waals surface area (Å²) in [7, 11) is 0. The number of carboxylic acid groups (broad SMARTS) is 1. The Kier molecular flexibility index (Phi) is 4.97. The molecule has 1 aromatic heterocycles. The van der Waals surface area contributed by atoms with Gasteiger partial charge in [-0.05, 0) is 31.9 Å². The number of halogens is 1. The number of likely N-dealkylation sites (tertiary alicyclic amines) is 1. The molecule has 2 atom stereocenters. The van der Waals surface area contributed by atoms with Crippen LogP contribution in [0.1, 0.15) is 30.1 Å². The van der Waals surface area contributed by atoms with Gasteiger partial charge in [0.1, 0.15) is 17.2 Å². The summed E-state index contributed by atoms with van der Waals surface area (Å²) in [4.78, 5) is 40.6. The van der Waals surface area contributed by atoms with Gasteiger partial charge in [-0.2, -0.15) is 0 Å². The predicted molar refractivity (Wildman–Crippen MR) is 78.5 cm³/mol. The van der Waals surface area contributed by atoms with Gasteiger partial charge in [-0.1, -0.05) is 11.6 Å². The van der Waals surface area contributed by atoms with E-state index in [-0.39, 0.29) is 10.7 Å². The molecule has 118 valence electrons. The fraction of sp³-hybridized carbons (Fsp3) is 0.429. The van der Waals surface area contributed by atoms with Crippen molar-refractivity contribution in [3.63, 3.8) is 0 Å². The zero-order valence-corrected chi connectivity index (χ0v) is 12.7. The van der Waals surface area contributed by atoms with Crippen LogP contribution in [0.25, 0.3) is 0 Å². The van der Waals surface area contributed by atoms with Gasteiger partial charge < -0.3 is 15.3 Å². The van der Waals surface area contributed by atoms with Gasteiger partial charge in [0.05, 0.1) is 5.56 Å². The van der Waals surface area contributed by atoms with Gasteiger partial charge in [0.25, 0.3) is 5.91 Å². The van der Waals surface area contributed by atoms with E-state index < -0.39 is 29.9 Å². The summed E-state index contributed by atoms with van der Waals surface area (Å²) in [6, 6.07) is 1.39. The molecule has 0 radical (unpaired) electrons. The van der Waals surface area contributed by atoms with Crippen molar-refractivity contribution in [3.05, 3.63) is 29.0 Å². The van der Waals surface area contributed by atoms with Crippen molar-refractivity contribution >= 4 is 29.4 Å². The van der Waals surface area contributed by atoms with E-state index in [4.69, 9.17) is 16.7 Å². The van der Waals surface area contributed by atoms with Crippen molar-refractivity contribution in [2.45, 2.75) is 31.8 Å². The zero-order valence-electron chi connectivity index (χ0n) is 12.0. The summed E-state index contributed by atoms with van der Waals surface area (Å²) in [6.07, 6.45) is 2.52. The number of carbonyl (C=O) groups is 3. The first-order valence-corrected chi connectivity index (χ1v) is 7.24. The molecular formula is C14H16ClN3O4. The van der Waals surface area contributed by atoms with Crippen LogP contribution in [-0.2, 0) is 9.59 Å². The number of aromatic nitrogens is 1. The van der Waals surface area contributed by atoms with Gasteiger partial charge in [0.15, 0.2) is 0 Å². The maximum atomic E-state index is 12.3. The van der Waals surface area contributed by atoms with Crippen molar-refractivity contribution in [2.24, 2.45) is 0 Å². The molecule has 0 aromatic carbocycles. The number of rotatable bonds is 4. The van der Waals surface area contributed by atoms with Crippen LogP contribution in [-0.4, -0.2) is 51.4 Å². The third-order valence-corrected chi connectivity index (χ3v) is 3.84. The molecule has 0 unspecified atom stereocenters. The van der Waals surface area contributed by atoms with Crippen LogP contribution >= 0.6 is 11.6 Å². The van der Waals surface area contributed by atoms with Crippen LogP contribution in [0.3, 0.4) is 0 Å². The van der Waals surface area contributed by atoms with Gasteiger partial charge in [0.2, 0.25) is 5.91 Å². The zero-order chi connectivity index (χ0) is 16.3. The molecular weight excluding hydrogens is 310 g/mol. The van der Waals surface area contributed by atoms with E-state index in [0.717, 1.165) is 0 Å². The first kappa shape index (κ1) is 16.2. The summed E-state index contributed by atoms with van der Waals surface area (Å²) >= 11 is 5.83. The summed E-state index contributed by atoms with van der Waals surface area (Å²) in [5.74, 6) is -1.97. The second-order valence-electron chi connectivity index (χ2n) is 5.06. The highest BCUT2D eigenvalue weighted by atomic mass is 35.5. The molecule has 1 fully saturated rings. The molecule has 2 N–H and O–H groups in total. The maximum Gasteiger partial charge on any atom is 0.326 e. The first-order chi connectivity index (χ1) is 10.4. The van der Waals surface area contributed by atoms with E-state index in [0.29, 0.717) is 19.4 Å². The van der Waals surface area contributed by atoms with Crippen molar-refractivity contribution < 1.29 is 19.5 Å². The largest absolute Gasteiger partial charge is 0.480 e. The molecule has 0 spiro atoms. The lowest BCUT2D eigenvalue weighted by molar-refractivity contribution is -0.148. The Balaban J connectivity index is 2.04. The minimum absolute atomic E-state index is 0.0456. The Labute approximate surface area is 132 Å². The Morgan fingerprint density at radius 1 is 1.50 bits per heavy atom. The van der Waals surface area contributed by atoms with Crippen LogP contribution in [0, 0.1) is 0 Å². The van der Waals surface area contributed by atoms with E-state index in [1.54, 1.807) is 6.07 Å². The monoisotopic (exact) mass is 325 g/mol. The summed E-state index contributed by atoms with van der Waals surface area (Å²) in [6.45, 7) is 1.89. The molecule has 1 aliphatic heterocycles. The normalized spacial score (nSPS) is 18.8. The third-order valence-electron chi connectivity index (χ3n) is 3.54. The van der Waals surface area contributed by atoms with Crippen molar-refractivity contribution in [3.8, 4) is 0 Å².